The Kier molecular flexibility index (Phi) is 4.02. The molecule has 0 bridgehead atoms. The fraction of sp³-hybridized carbons (Fsp3) is 0.312. The molecule has 1 aromatic heterocycles. The number of benzene rings is 1. The van der Waals surface area contributed by atoms with E-state index in [9.17, 15) is 0 Å². The topological polar surface area (TPSA) is 10.4 Å². The SMILES string of the molecule is [B][n+]1cccc(CN2CCN(c3ccccc3)CC2)c1. The fourth-order valence-corrected chi connectivity index (χ4v) is 2.70. The summed E-state index contributed by atoms with van der Waals surface area (Å²) >= 11 is 0. The molecule has 2 aromatic rings. The molecule has 2 radical (unpaired) electrons. The highest BCUT2D eigenvalue weighted by Crippen LogP contribution is 2.16. The van der Waals surface area contributed by atoms with Gasteiger partial charge in [0.15, 0.2) is 0 Å². The van der Waals surface area contributed by atoms with Crippen LogP contribution in [0.3, 0.4) is 0 Å². The highest BCUT2D eigenvalue weighted by molar-refractivity contribution is 5.94. The number of nitrogens with zero attached hydrogens (tertiary/aromatic N) is 3. The second-order valence-corrected chi connectivity index (χ2v) is 5.26. The molecule has 0 saturated carbocycles. The minimum absolute atomic E-state index is 0.973. The van der Waals surface area contributed by atoms with Crippen molar-refractivity contribution in [3.05, 3.63) is 60.4 Å². The highest BCUT2D eigenvalue weighted by Gasteiger charge is 2.17. The van der Waals surface area contributed by atoms with Gasteiger partial charge < -0.3 is 4.90 Å². The van der Waals surface area contributed by atoms with Gasteiger partial charge >= 0.3 is 7.98 Å². The fourth-order valence-electron chi connectivity index (χ4n) is 2.70. The quantitative estimate of drug-likeness (QED) is 0.772. The molecule has 0 aliphatic carbocycles. The first kappa shape index (κ1) is 13.2. The Morgan fingerprint density at radius 3 is 2.40 bits per heavy atom. The lowest BCUT2D eigenvalue weighted by Gasteiger charge is -2.36. The molecule has 100 valence electrons. The number of aromatic nitrogens is 1. The van der Waals surface area contributed by atoms with E-state index in [1.165, 1.54) is 11.3 Å². The van der Waals surface area contributed by atoms with E-state index >= 15 is 0 Å². The maximum absolute atomic E-state index is 5.75. The molecule has 1 saturated heterocycles. The second-order valence-electron chi connectivity index (χ2n) is 5.26. The molecule has 1 aliphatic heterocycles. The van der Waals surface area contributed by atoms with Crippen LogP contribution in [0.1, 0.15) is 5.56 Å². The normalized spacial score (nSPS) is 16.3. The third-order valence-electron chi connectivity index (χ3n) is 3.78. The summed E-state index contributed by atoms with van der Waals surface area (Å²) in [7, 11) is 5.75. The van der Waals surface area contributed by atoms with Crippen molar-refractivity contribution in [1.29, 1.82) is 0 Å². The molecule has 0 spiro atoms. The third-order valence-corrected chi connectivity index (χ3v) is 3.78. The Hall–Kier alpha value is -1.81. The van der Waals surface area contributed by atoms with Crippen LogP contribution in [0.4, 0.5) is 5.69 Å². The lowest BCUT2D eigenvalue weighted by Crippen LogP contribution is -2.46. The van der Waals surface area contributed by atoms with Gasteiger partial charge in [0.1, 0.15) is 12.4 Å². The van der Waals surface area contributed by atoms with Crippen LogP contribution >= 0.6 is 0 Å². The van der Waals surface area contributed by atoms with Gasteiger partial charge in [0.2, 0.25) is 0 Å². The largest absolute Gasteiger partial charge is 0.586 e. The van der Waals surface area contributed by atoms with Crippen molar-refractivity contribution in [3.8, 4) is 0 Å². The molecule has 3 rings (SSSR count). The standard InChI is InChI=1S/C16H19BN3/c17-20-8-4-5-15(14-20)13-18-9-11-19(12-10-18)16-6-2-1-3-7-16/h1-8,14H,9-13H2/q+1. The van der Waals surface area contributed by atoms with E-state index in [-0.39, 0.29) is 0 Å². The zero-order chi connectivity index (χ0) is 13.8. The van der Waals surface area contributed by atoms with Crippen molar-refractivity contribution in [2.24, 2.45) is 0 Å². The summed E-state index contributed by atoms with van der Waals surface area (Å²) in [6.45, 7) is 5.32. The smallest absolute Gasteiger partial charge is 0.369 e. The summed E-state index contributed by atoms with van der Waals surface area (Å²) in [4.78, 5) is 4.93. The molecule has 1 fully saturated rings. The maximum atomic E-state index is 5.75. The first-order valence-electron chi connectivity index (χ1n) is 7.09. The Morgan fingerprint density at radius 1 is 0.950 bits per heavy atom. The van der Waals surface area contributed by atoms with E-state index in [4.69, 9.17) is 7.98 Å². The van der Waals surface area contributed by atoms with Crippen molar-refractivity contribution in [1.82, 2.24) is 4.90 Å². The number of para-hydroxylation sites is 1. The molecular weight excluding hydrogens is 245 g/mol. The molecule has 20 heavy (non-hydrogen) atoms. The molecule has 1 aromatic carbocycles. The molecular formula is C16H19BN3+. The van der Waals surface area contributed by atoms with Crippen molar-refractivity contribution in [3.63, 3.8) is 0 Å². The van der Waals surface area contributed by atoms with Gasteiger partial charge in [-0.3, -0.25) is 9.38 Å². The van der Waals surface area contributed by atoms with Crippen LogP contribution in [0.5, 0.6) is 0 Å². The van der Waals surface area contributed by atoms with Crippen molar-refractivity contribution in [2.45, 2.75) is 6.54 Å². The summed E-state index contributed by atoms with van der Waals surface area (Å²) in [5, 5.41) is 0. The minimum Gasteiger partial charge on any atom is -0.369 e. The molecule has 3 nitrogen and oxygen atoms in total. The Balaban J connectivity index is 1.56. The maximum Gasteiger partial charge on any atom is 0.586 e. The van der Waals surface area contributed by atoms with Gasteiger partial charge in [0.25, 0.3) is 0 Å². The molecule has 0 atom stereocenters. The average molecular weight is 264 g/mol. The lowest BCUT2D eigenvalue weighted by atomic mass is 10.2. The Bertz CT molecular complexity index is 551. The van der Waals surface area contributed by atoms with Gasteiger partial charge in [0.05, 0.1) is 0 Å². The van der Waals surface area contributed by atoms with Crippen LogP contribution in [0.25, 0.3) is 0 Å². The van der Waals surface area contributed by atoms with Crippen LogP contribution in [0.15, 0.2) is 54.9 Å². The van der Waals surface area contributed by atoms with Crippen LogP contribution in [-0.2, 0) is 6.54 Å². The lowest BCUT2D eigenvalue weighted by molar-refractivity contribution is -0.522. The van der Waals surface area contributed by atoms with Gasteiger partial charge in [0, 0.05) is 44.0 Å². The summed E-state index contributed by atoms with van der Waals surface area (Å²) in [6.07, 6.45) is 3.85. The van der Waals surface area contributed by atoms with Crippen molar-refractivity contribution < 1.29 is 4.48 Å². The molecule has 2 heterocycles. The Labute approximate surface area is 121 Å². The molecule has 1 aliphatic rings. The van der Waals surface area contributed by atoms with E-state index in [1.54, 1.807) is 4.48 Å². The number of hydrogen-bond acceptors (Lipinski definition) is 2. The van der Waals surface area contributed by atoms with Gasteiger partial charge in [-0.2, -0.15) is 0 Å². The van der Waals surface area contributed by atoms with Crippen molar-refractivity contribution in [2.75, 3.05) is 31.1 Å². The molecule has 4 heteroatoms. The van der Waals surface area contributed by atoms with Crippen LogP contribution in [0.2, 0.25) is 0 Å². The molecule has 0 unspecified atom stereocenters. The monoisotopic (exact) mass is 264 g/mol. The summed E-state index contributed by atoms with van der Waals surface area (Å²) < 4.78 is 1.62. The van der Waals surface area contributed by atoms with Crippen LogP contribution in [-0.4, -0.2) is 39.1 Å². The van der Waals surface area contributed by atoms with Gasteiger partial charge in [-0.25, -0.2) is 0 Å². The number of pyridine rings is 1. The molecule has 0 N–H and O–H groups in total. The van der Waals surface area contributed by atoms with E-state index in [0.717, 1.165) is 32.7 Å². The number of piperazine rings is 1. The average Bonchev–Trinajstić information content (AvgIpc) is 2.49. The summed E-state index contributed by atoms with van der Waals surface area (Å²) in [6, 6.07) is 14.8. The van der Waals surface area contributed by atoms with E-state index in [2.05, 4.69) is 46.2 Å². The van der Waals surface area contributed by atoms with E-state index in [0.29, 0.717) is 0 Å². The summed E-state index contributed by atoms with van der Waals surface area (Å²) in [5.74, 6) is 0. The van der Waals surface area contributed by atoms with Gasteiger partial charge in [-0.15, -0.1) is 0 Å². The number of rotatable bonds is 3. The number of anilines is 1. The van der Waals surface area contributed by atoms with Gasteiger partial charge in [-0.05, 0) is 24.3 Å². The van der Waals surface area contributed by atoms with Crippen molar-refractivity contribution >= 4 is 13.7 Å². The first-order valence-corrected chi connectivity index (χ1v) is 7.09. The predicted molar refractivity (Wildman–Crippen MR) is 81.7 cm³/mol. The minimum atomic E-state index is 0.973. The highest BCUT2D eigenvalue weighted by atomic mass is 15.3. The first-order chi connectivity index (χ1) is 9.81. The third kappa shape index (κ3) is 3.20. The summed E-state index contributed by atoms with van der Waals surface area (Å²) in [5.41, 5.74) is 2.59. The van der Waals surface area contributed by atoms with Crippen LogP contribution < -0.4 is 9.38 Å². The van der Waals surface area contributed by atoms with E-state index in [1.807, 2.05) is 18.5 Å². The zero-order valence-electron chi connectivity index (χ0n) is 11.7. The molecule has 0 amide bonds. The number of hydrogen-bond donors (Lipinski definition) is 0. The zero-order valence-corrected chi connectivity index (χ0v) is 11.7. The Morgan fingerprint density at radius 2 is 1.70 bits per heavy atom. The second kappa shape index (κ2) is 6.10. The van der Waals surface area contributed by atoms with E-state index < -0.39 is 0 Å². The predicted octanol–water partition coefficient (Wildman–Crippen LogP) is 1.23. The van der Waals surface area contributed by atoms with Crippen LogP contribution in [0, 0.1) is 0 Å². The van der Waals surface area contributed by atoms with Gasteiger partial charge in [-0.1, -0.05) is 18.2 Å².